The summed E-state index contributed by atoms with van der Waals surface area (Å²) >= 11 is 0. The van der Waals surface area contributed by atoms with Crippen molar-refractivity contribution in [1.82, 2.24) is 10.6 Å². The number of esters is 1. The Morgan fingerprint density at radius 2 is 1.57 bits per heavy atom. The van der Waals surface area contributed by atoms with Crippen LogP contribution in [0.1, 0.15) is 36.7 Å². The van der Waals surface area contributed by atoms with Gasteiger partial charge in [0.05, 0.1) is 7.11 Å². The lowest BCUT2D eigenvalue weighted by atomic mass is 10.0. The van der Waals surface area contributed by atoms with Gasteiger partial charge in [-0.3, -0.25) is 9.59 Å². The predicted molar refractivity (Wildman–Crippen MR) is 86.9 cm³/mol. The molecule has 1 unspecified atom stereocenters. The number of benzene rings is 1. The molecule has 0 bridgehead atoms. The highest BCUT2D eigenvalue weighted by molar-refractivity contribution is 5.98. The van der Waals surface area contributed by atoms with Gasteiger partial charge in [0.1, 0.15) is 12.1 Å². The van der Waals surface area contributed by atoms with Crippen molar-refractivity contribution in [1.29, 1.82) is 0 Å². The number of hydrogen-bond donors (Lipinski definition) is 2. The quantitative estimate of drug-likeness (QED) is 0.777. The molecule has 0 saturated heterocycles. The van der Waals surface area contributed by atoms with Crippen LogP contribution < -0.4 is 10.6 Å². The fraction of sp³-hybridized carbons (Fsp3) is 0.471. The number of methoxy groups -OCH3 is 1. The molecule has 0 saturated carbocycles. The summed E-state index contributed by atoms with van der Waals surface area (Å²) in [5.74, 6) is -1.41. The summed E-state index contributed by atoms with van der Waals surface area (Å²) < 4.78 is 4.57. The summed E-state index contributed by atoms with van der Waals surface area (Å²) in [5, 5.41) is 5.26. The van der Waals surface area contributed by atoms with Crippen LogP contribution in [0.3, 0.4) is 0 Å². The molecule has 0 heterocycles. The van der Waals surface area contributed by atoms with Gasteiger partial charge in [0.2, 0.25) is 5.91 Å². The second-order valence-corrected chi connectivity index (χ2v) is 5.81. The number of aryl methyl sites for hydroxylation is 1. The predicted octanol–water partition coefficient (Wildman–Crippen LogP) is 1.43. The molecular weight excluding hydrogens is 296 g/mol. The second-order valence-electron chi connectivity index (χ2n) is 5.81. The lowest BCUT2D eigenvalue weighted by Gasteiger charge is -2.23. The van der Waals surface area contributed by atoms with E-state index in [1.165, 1.54) is 14.0 Å². The van der Waals surface area contributed by atoms with Crippen molar-refractivity contribution in [3.63, 3.8) is 0 Å². The van der Waals surface area contributed by atoms with Crippen LogP contribution in [0.15, 0.2) is 24.3 Å². The van der Waals surface area contributed by atoms with Crippen molar-refractivity contribution < 1.29 is 19.1 Å². The van der Waals surface area contributed by atoms with Crippen molar-refractivity contribution in [2.24, 2.45) is 5.92 Å². The third-order valence-corrected chi connectivity index (χ3v) is 3.46. The Morgan fingerprint density at radius 1 is 1.00 bits per heavy atom. The Labute approximate surface area is 136 Å². The molecule has 0 radical (unpaired) electrons. The standard InChI is InChI=1S/C17H24N2O4/c1-10(2)14(16(21)18-12(4)17(22)23-5)19-15(20)13-8-6-11(3)7-9-13/h6-10,12,14H,1-5H3,(H,18,21)(H,19,20)/t12-,14?/m0/s1. The molecule has 23 heavy (non-hydrogen) atoms. The third-order valence-electron chi connectivity index (χ3n) is 3.46. The molecule has 0 fully saturated rings. The number of rotatable bonds is 6. The van der Waals surface area contributed by atoms with Crippen LogP contribution in [-0.4, -0.2) is 37.0 Å². The van der Waals surface area contributed by atoms with E-state index in [0.717, 1.165) is 5.56 Å². The molecule has 126 valence electrons. The average Bonchev–Trinajstić information content (AvgIpc) is 2.51. The van der Waals surface area contributed by atoms with E-state index in [9.17, 15) is 14.4 Å². The van der Waals surface area contributed by atoms with Crippen molar-refractivity contribution in [2.45, 2.75) is 39.8 Å². The summed E-state index contributed by atoms with van der Waals surface area (Å²) in [6.07, 6.45) is 0. The highest BCUT2D eigenvalue weighted by atomic mass is 16.5. The minimum absolute atomic E-state index is 0.130. The number of carbonyl (C=O) groups excluding carboxylic acids is 3. The molecule has 0 aliphatic heterocycles. The van der Waals surface area contributed by atoms with E-state index in [-0.39, 0.29) is 11.8 Å². The molecule has 1 aromatic carbocycles. The van der Waals surface area contributed by atoms with Crippen LogP contribution in [0.4, 0.5) is 0 Å². The first-order chi connectivity index (χ1) is 10.8. The Morgan fingerprint density at radius 3 is 2.04 bits per heavy atom. The number of carbonyl (C=O) groups is 3. The summed E-state index contributed by atoms with van der Waals surface area (Å²) in [6.45, 7) is 7.11. The van der Waals surface area contributed by atoms with Gasteiger partial charge >= 0.3 is 5.97 Å². The molecule has 1 rings (SSSR count). The maximum Gasteiger partial charge on any atom is 0.328 e. The first-order valence-corrected chi connectivity index (χ1v) is 7.52. The van der Waals surface area contributed by atoms with Crippen LogP contribution in [0.2, 0.25) is 0 Å². The zero-order chi connectivity index (χ0) is 17.6. The number of hydrogen-bond acceptors (Lipinski definition) is 4. The lowest BCUT2D eigenvalue weighted by Crippen LogP contribution is -2.53. The van der Waals surface area contributed by atoms with E-state index >= 15 is 0 Å². The van der Waals surface area contributed by atoms with Gasteiger partial charge in [0.15, 0.2) is 0 Å². The van der Waals surface area contributed by atoms with Gasteiger partial charge in [-0.2, -0.15) is 0 Å². The van der Waals surface area contributed by atoms with Crippen LogP contribution in [0.25, 0.3) is 0 Å². The van der Waals surface area contributed by atoms with Crippen LogP contribution in [0.5, 0.6) is 0 Å². The fourth-order valence-corrected chi connectivity index (χ4v) is 2.00. The van der Waals surface area contributed by atoms with Crippen molar-refractivity contribution in [3.8, 4) is 0 Å². The first-order valence-electron chi connectivity index (χ1n) is 7.52. The monoisotopic (exact) mass is 320 g/mol. The van der Waals surface area contributed by atoms with Gasteiger partial charge in [-0.1, -0.05) is 31.5 Å². The highest BCUT2D eigenvalue weighted by Crippen LogP contribution is 2.07. The van der Waals surface area contributed by atoms with Crippen LogP contribution in [-0.2, 0) is 14.3 Å². The van der Waals surface area contributed by atoms with E-state index in [4.69, 9.17) is 0 Å². The summed E-state index contributed by atoms with van der Waals surface area (Å²) in [5.41, 5.74) is 1.53. The Balaban J connectivity index is 2.78. The molecule has 0 aliphatic rings. The van der Waals surface area contributed by atoms with E-state index in [1.54, 1.807) is 12.1 Å². The average molecular weight is 320 g/mol. The number of nitrogens with one attached hydrogen (secondary N) is 2. The maximum absolute atomic E-state index is 12.3. The zero-order valence-electron chi connectivity index (χ0n) is 14.2. The minimum Gasteiger partial charge on any atom is -0.467 e. The van der Waals surface area contributed by atoms with Gasteiger partial charge in [0.25, 0.3) is 5.91 Å². The van der Waals surface area contributed by atoms with E-state index in [0.29, 0.717) is 5.56 Å². The van der Waals surface area contributed by atoms with Gasteiger partial charge in [-0.05, 0) is 31.9 Å². The van der Waals surface area contributed by atoms with Gasteiger partial charge < -0.3 is 15.4 Å². The molecular formula is C17H24N2O4. The van der Waals surface area contributed by atoms with Crippen LogP contribution in [0, 0.1) is 12.8 Å². The third kappa shape index (κ3) is 5.39. The molecule has 2 N–H and O–H groups in total. The van der Waals surface area contributed by atoms with E-state index < -0.39 is 24.0 Å². The molecule has 0 spiro atoms. The van der Waals surface area contributed by atoms with Crippen molar-refractivity contribution >= 4 is 17.8 Å². The van der Waals surface area contributed by atoms with E-state index in [2.05, 4.69) is 15.4 Å². The fourth-order valence-electron chi connectivity index (χ4n) is 2.00. The zero-order valence-corrected chi connectivity index (χ0v) is 14.2. The molecule has 6 nitrogen and oxygen atoms in total. The largest absolute Gasteiger partial charge is 0.467 e. The summed E-state index contributed by atoms with van der Waals surface area (Å²) in [6, 6.07) is 5.56. The Bertz CT molecular complexity index is 566. The molecule has 1 aromatic rings. The van der Waals surface area contributed by atoms with Crippen molar-refractivity contribution in [3.05, 3.63) is 35.4 Å². The Hall–Kier alpha value is -2.37. The molecule has 0 aliphatic carbocycles. The smallest absolute Gasteiger partial charge is 0.328 e. The Kier molecular flexibility index (Phi) is 6.75. The minimum atomic E-state index is -0.773. The molecule has 2 atom stereocenters. The molecule has 0 aromatic heterocycles. The SMILES string of the molecule is COC(=O)[C@H](C)NC(=O)C(NC(=O)c1ccc(C)cc1)C(C)C. The molecule has 2 amide bonds. The summed E-state index contributed by atoms with van der Waals surface area (Å²) in [7, 11) is 1.25. The highest BCUT2D eigenvalue weighted by Gasteiger charge is 2.27. The van der Waals surface area contributed by atoms with Crippen LogP contribution >= 0.6 is 0 Å². The summed E-state index contributed by atoms with van der Waals surface area (Å²) in [4.78, 5) is 36.0. The lowest BCUT2D eigenvalue weighted by molar-refractivity contribution is -0.144. The van der Waals surface area contributed by atoms with Crippen molar-refractivity contribution in [2.75, 3.05) is 7.11 Å². The van der Waals surface area contributed by atoms with Gasteiger partial charge in [-0.15, -0.1) is 0 Å². The number of amides is 2. The van der Waals surface area contributed by atoms with Gasteiger partial charge in [-0.25, -0.2) is 4.79 Å². The molecule has 6 heteroatoms. The van der Waals surface area contributed by atoms with Gasteiger partial charge in [0, 0.05) is 5.56 Å². The second kappa shape index (κ2) is 8.31. The number of ether oxygens (including phenoxy) is 1. The normalized spacial score (nSPS) is 13.1. The van der Waals surface area contributed by atoms with E-state index in [1.807, 2.05) is 32.9 Å². The topological polar surface area (TPSA) is 84.5 Å². The maximum atomic E-state index is 12.3. The first kappa shape index (κ1) is 18.7.